The van der Waals surface area contributed by atoms with E-state index in [9.17, 15) is 0 Å². The van der Waals surface area contributed by atoms with Crippen LogP contribution < -0.4 is 10.1 Å². The molecule has 0 atom stereocenters. The molecule has 0 amide bonds. The molecule has 5 heteroatoms. The van der Waals surface area contributed by atoms with Crippen LogP contribution in [0, 0.1) is 0 Å². The smallest absolute Gasteiger partial charge is 0.193 e. The van der Waals surface area contributed by atoms with Crippen molar-refractivity contribution in [3.63, 3.8) is 0 Å². The molecular weight excluding hydrogens is 326 g/mol. The number of hydrogen-bond acceptors (Lipinski definition) is 3. The van der Waals surface area contributed by atoms with Crippen molar-refractivity contribution in [3.8, 4) is 5.75 Å². The molecule has 0 bridgehead atoms. The number of para-hydroxylation sites is 1. The van der Waals surface area contributed by atoms with E-state index < -0.39 is 0 Å². The number of benzene rings is 2. The molecule has 0 aliphatic rings. The summed E-state index contributed by atoms with van der Waals surface area (Å²) in [6, 6.07) is 16.4. The highest BCUT2D eigenvalue weighted by atomic mass is 16.5. The standard InChI is InChI=1S/C21H29N3O2/c1-5-26-16-19-12-7-6-10-17(19)14-23-21(22-2)24(3)15-18-11-8-9-13-20(18)25-4/h6-13H,5,14-16H2,1-4H3,(H,22,23). The fourth-order valence-electron chi connectivity index (χ4n) is 2.81. The van der Waals surface area contributed by atoms with Gasteiger partial charge in [-0.15, -0.1) is 0 Å². The van der Waals surface area contributed by atoms with Crippen molar-refractivity contribution in [3.05, 3.63) is 65.2 Å². The minimum atomic E-state index is 0.629. The molecule has 0 saturated carbocycles. The minimum absolute atomic E-state index is 0.629. The van der Waals surface area contributed by atoms with Gasteiger partial charge < -0.3 is 19.7 Å². The summed E-state index contributed by atoms with van der Waals surface area (Å²) in [5.41, 5.74) is 3.54. The average molecular weight is 355 g/mol. The summed E-state index contributed by atoms with van der Waals surface area (Å²) in [5.74, 6) is 1.72. The number of nitrogens with zero attached hydrogens (tertiary/aromatic N) is 2. The van der Waals surface area contributed by atoms with Gasteiger partial charge in [0.05, 0.1) is 13.7 Å². The molecule has 0 saturated heterocycles. The van der Waals surface area contributed by atoms with Crippen molar-refractivity contribution in [2.75, 3.05) is 27.8 Å². The Labute approximate surface area is 156 Å². The van der Waals surface area contributed by atoms with Crippen LogP contribution in [0.3, 0.4) is 0 Å². The van der Waals surface area contributed by atoms with E-state index in [1.54, 1.807) is 14.2 Å². The second kappa shape index (κ2) is 10.5. The van der Waals surface area contributed by atoms with Gasteiger partial charge in [-0.1, -0.05) is 42.5 Å². The highest BCUT2D eigenvalue weighted by Gasteiger charge is 2.10. The Bertz CT molecular complexity index is 716. The zero-order chi connectivity index (χ0) is 18.8. The Morgan fingerprint density at radius 1 is 1.04 bits per heavy atom. The van der Waals surface area contributed by atoms with Crippen LogP contribution in [0.5, 0.6) is 5.75 Å². The van der Waals surface area contributed by atoms with Crippen molar-refractivity contribution in [2.45, 2.75) is 26.6 Å². The molecule has 2 rings (SSSR count). The molecule has 0 aliphatic carbocycles. The average Bonchev–Trinajstić information content (AvgIpc) is 2.68. The molecule has 0 spiro atoms. The number of rotatable bonds is 8. The lowest BCUT2D eigenvalue weighted by molar-refractivity contribution is 0.133. The third-order valence-electron chi connectivity index (χ3n) is 4.19. The van der Waals surface area contributed by atoms with Crippen molar-refractivity contribution in [2.24, 2.45) is 4.99 Å². The molecule has 0 aromatic heterocycles. The van der Waals surface area contributed by atoms with E-state index in [0.717, 1.165) is 17.3 Å². The van der Waals surface area contributed by atoms with Gasteiger partial charge in [-0.05, 0) is 24.1 Å². The Morgan fingerprint density at radius 2 is 1.69 bits per heavy atom. The van der Waals surface area contributed by atoms with Crippen molar-refractivity contribution >= 4 is 5.96 Å². The van der Waals surface area contributed by atoms with Crippen LogP contribution in [0.1, 0.15) is 23.6 Å². The monoisotopic (exact) mass is 355 g/mol. The van der Waals surface area contributed by atoms with Gasteiger partial charge in [-0.3, -0.25) is 4.99 Å². The fraction of sp³-hybridized carbons (Fsp3) is 0.381. The summed E-state index contributed by atoms with van der Waals surface area (Å²) in [6.45, 7) is 4.76. The summed E-state index contributed by atoms with van der Waals surface area (Å²) >= 11 is 0. The molecule has 0 heterocycles. The molecule has 2 aromatic carbocycles. The van der Waals surface area contributed by atoms with Gasteiger partial charge in [0.15, 0.2) is 5.96 Å². The second-order valence-corrected chi connectivity index (χ2v) is 5.97. The summed E-state index contributed by atoms with van der Waals surface area (Å²) in [4.78, 5) is 6.49. The first kappa shape index (κ1) is 19.8. The van der Waals surface area contributed by atoms with Gasteiger partial charge in [-0.2, -0.15) is 0 Å². The van der Waals surface area contributed by atoms with Crippen LogP contribution in [-0.2, 0) is 24.4 Å². The van der Waals surface area contributed by atoms with Crippen molar-refractivity contribution in [1.82, 2.24) is 10.2 Å². The van der Waals surface area contributed by atoms with Gasteiger partial charge in [0.1, 0.15) is 5.75 Å². The number of hydrogen-bond donors (Lipinski definition) is 1. The first-order valence-electron chi connectivity index (χ1n) is 8.87. The van der Waals surface area contributed by atoms with E-state index in [4.69, 9.17) is 9.47 Å². The van der Waals surface area contributed by atoms with Crippen LogP contribution >= 0.6 is 0 Å². The number of nitrogens with one attached hydrogen (secondary N) is 1. The van der Waals surface area contributed by atoms with Crippen molar-refractivity contribution in [1.29, 1.82) is 0 Å². The third kappa shape index (κ3) is 5.49. The predicted octanol–water partition coefficient (Wildman–Crippen LogP) is 3.44. The SMILES string of the molecule is CCOCc1ccccc1CNC(=NC)N(C)Cc1ccccc1OC. The first-order valence-corrected chi connectivity index (χ1v) is 8.87. The molecule has 26 heavy (non-hydrogen) atoms. The van der Waals surface area contributed by atoms with Crippen LogP contribution in [0.4, 0.5) is 0 Å². The maximum absolute atomic E-state index is 5.56. The lowest BCUT2D eigenvalue weighted by atomic mass is 10.1. The van der Waals surface area contributed by atoms with Crippen LogP contribution in [0.15, 0.2) is 53.5 Å². The van der Waals surface area contributed by atoms with Gasteiger partial charge >= 0.3 is 0 Å². The second-order valence-electron chi connectivity index (χ2n) is 5.97. The topological polar surface area (TPSA) is 46.1 Å². The molecule has 0 fully saturated rings. The van der Waals surface area contributed by atoms with E-state index in [1.807, 2.05) is 44.3 Å². The first-order chi connectivity index (χ1) is 12.7. The van der Waals surface area contributed by atoms with Crippen LogP contribution in [0.2, 0.25) is 0 Å². The largest absolute Gasteiger partial charge is 0.496 e. The third-order valence-corrected chi connectivity index (χ3v) is 4.19. The lowest BCUT2D eigenvalue weighted by Gasteiger charge is -2.23. The number of methoxy groups -OCH3 is 1. The highest BCUT2D eigenvalue weighted by Crippen LogP contribution is 2.18. The van der Waals surface area contributed by atoms with Gasteiger partial charge in [0.2, 0.25) is 0 Å². The van der Waals surface area contributed by atoms with Gasteiger partial charge in [-0.25, -0.2) is 0 Å². The van der Waals surface area contributed by atoms with E-state index in [-0.39, 0.29) is 0 Å². The number of ether oxygens (including phenoxy) is 2. The maximum Gasteiger partial charge on any atom is 0.193 e. The quantitative estimate of drug-likeness (QED) is 0.582. The number of aliphatic imine (C=N–C) groups is 1. The van der Waals surface area contributed by atoms with E-state index in [0.29, 0.717) is 26.3 Å². The normalized spacial score (nSPS) is 11.3. The van der Waals surface area contributed by atoms with Crippen molar-refractivity contribution < 1.29 is 9.47 Å². The minimum Gasteiger partial charge on any atom is -0.496 e. The van der Waals surface area contributed by atoms with Gasteiger partial charge in [0.25, 0.3) is 0 Å². The van der Waals surface area contributed by atoms with Gasteiger partial charge in [0, 0.05) is 39.4 Å². The maximum atomic E-state index is 5.56. The van der Waals surface area contributed by atoms with E-state index >= 15 is 0 Å². The highest BCUT2D eigenvalue weighted by molar-refractivity contribution is 5.79. The molecule has 1 N–H and O–H groups in total. The molecule has 0 aliphatic heterocycles. The van der Waals surface area contributed by atoms with E-state index in [1.165, 1.54) is 11.1 Å². The Kier molecular flexibility index (Phi) is 7.96. The number of guanidine groups is 1. The van der Waals surface area contributed by atoms with Crippen LogP contribution in [-0.4, -0.2) is 38.7 Å². The summed E-state index contributed by atoms with van der Waals surface area (Å²) in [5, 5.41) is 3.44. The Hall–Kier alpha value is -2.53. The molecule has 5 nitrogen and oxygen atoms in total. The molecule has 140 valence electrons. The summed E-state index contributed by atoms with van der Waals surface area (Å²) in [6.07, 6.45) is 0. The van der Waals surface area contributed by atoms with Crippen LogP contribution in [0.25, 0.3) is 0 Å². The lowest BCUT2D eigenvalue weighted by Crippen LogP contribution is -2.38. The summed E-state index contributed by atoms with van der Waals surface area (Å²) < 4.78 is 11.0. The molecule has 0 radical (unpaired) electrons. The fourth-order valence-corrected chi connectivity index (χ4v) is 2.81. The van der Waals surface area contributed by atoms with E-state index in [2.05, 4.69) is 33.4 Å². The molecular formula is C21H29N3O2. The molecule has 0 unspecified atom stereocenters. The Morgan fingerprint density at radius 3 is 2.35 bits per heavy atom. The summed E-state index contributed by atoms with van der Waals surface area (Å²) in [7, 11) is 5.52. The molecule has 2 aromatic rings. The Balaban J connectivity index is 2.01. The zero-order valence-corrected chi connectivity index (χ0v) is 16.2. The zero-order valence-electron chi connectivity index (χ0n) is 16.2. The predicted molar refractivity (Wildman–Crippen MR) is 106 cm³/mol.